The molecule has 1 N–H and O–H groups in total. The van der Waals surface area contributed by atoms with Crippen molar-refractivity contribution in [3.05, 3.63) is 36.3 Å². The molecule has 5 heteroatoms. The molecule has 0 radical (unpaired) electrons. The molecule has 2 rings (SSSR count). The average molecular weight is 274 g/mol. The van der Waals surface area contributed by atoms with E-state index in [1.807, 2.05) is 23.0 Å². The molecule has 20 heavy (non-hydrogen) atoms. The molecule has 0 aliphatic carbocycles. The van der Waals surface area contributed by atoms with Crippen molar-refractivity contribution in [3.63, 3.8) is 0 Å². The summed E-state index contributed by atoms with van der Waals surface area (Å²) in [7, 11) is 0. The first-order chi connectivity index (χ1) is 9.70. The Hall–Kier alpha value is -1.88. The highest BCUT2D eigenvalue weighted by Gasteiger charge is 2.08. The molecule has 0 bridgehead atoms. The maximum absolute atomic E-state index is 5.84. The predicted octanol–water partition coefficient (Wildman–Crippen LogP) is 3.15. The second-order valence-electron chi connectivity index (χ2n) is 5.00. The molecular formula is C15H22N4O. The summed E-state index contributed by atoms with van der Waals surface area (Å²) in [6.07, 6.45) is 6.46. The molecule has 0 aliphatic heterocycles. The van der Waals surface area contributed by atoms with E-state index in [1.165, 1.54) is 0 Å². The summed E-state index contributed by atoms with van der Waals surface area (Å²) in [5.41, 5.74) is 1.05. The fourth-order valence-corrected chi connectivity index (χ4v) is 1.82. The van der Waals surface area contributed by atoms with E-state index in [0.717, 1.165) is 25.1 Å². The Kier molecular flexibility index (Phi) is 5.12. The van der Waals surface area contributed by atoms with Gasteiger partial charge >= 0.3 is 0 Å². The zero-order chi connectivity index (χ0) is 14.4. The highest BCUT2D eigenvalue weighted by molar-refractivity contribution is 5.30. The van der Waals surface area contributed by atoms with Crippen LogP contribution in [0.5, 0.6) is 11.6 Å². The van der Waals surface area contributed by atoms with Crippen LogP contribution < -0.4 is 10.1 Å². The van der Waals surface area contributed by atoms with Gasteiger partial charge in [0.15, 0.2) is 5.75 Å². The van der Waals surface area contributed by atoms with Crippen LogP contribution in [0.2, 0.25) is 0 Å². The van der Waals surface area contributed by atoms with Crippen LogP contribution in [0.4, 0.5) is 0 Å². The van der Waals surface area contributed by atoms with Crippen LogP contribution in [0.3, 0.4) is 0 Å². The Labute approximate surface area is 120 Å². The van der Waals surface area contributed by atoms with E-state index >= 15 is 0 Å². The topological polar surface area (TPSA) is 52.0 Å². The zero-order valence-corrected chi connectivity index (χ0v) is 12.3. The van der Waals surface area contributed by atoms with E-state index in [9.17, 15) is 0 Å². The molecule has 2 aromatic heterocycles. The number of pyridine rings is 1. The van der Waals surface area contributed by atoms with Crippen LogP contribution in [0.25, 0.3) is 0 Å². The molecule has 0 saturated heterocycles. The molecule has 2 heterocycles. The molecule has 5 nitrogen and oxygen atoms in total. The summed E-state index contributed by atoms with van der Waals surface area (Å²) >= 11 is 0. The van der Waals surface area contributed by atoms with Gasteiger partial charge in [-0.2, -0.15) is 5.10 Å². The highest BCUT2D eigenvalue weighted by Crippen LogP contribution is 2.23. The van der Waals surface area contributed by atoms with Crippen molar-refractivity contribution in [2.24, 2.45) is 0 Å². The highest BCUT2D eigenvalue weighted by atomic mass is 16.5. The van der Waals surface area contributed by atoms with E-state index in [4.69, 9.17) is 4.74 Å². The second-order valence-corrected chi connectivity index (χ2v) is 5.00. The van der Waals surface area contributed by atoms with Gasteiger partial charge in [-0.05, 0) is 32.9 Å². The first kappa shape index (κ1) is 14.5. The molecule has 0 aliphatic rings. The number of aromatic nitrogens is 3. The van der Waals surface area contributed by atoms with E-state index < -0.39 is 0 Å². The van der Waals surface area contributed by atoms with Gasteiger partial charge in [0.1, 0.15) is 0 Å². The van der Waals surface area contributed by atoms with Gasteiger partial charge in [0.2, 0.25) is 5.88 Å². The molecule has 0 saturated carbocycles. The molecule has 2 aromatic rings. The third-order valence-electron chi connectivity index (χ3n) is 2.91. The SMILES string of the molecule is CCCNCc1cccnc1Oc1cnn(C(C)C)c1. The van der Waals surface area contributed by atoms with Gasteiger partial charge in [0.25, 0.3) is 0 Å². The van der Waals surface area contributed by atoms with Crippen LogP contribution in [0, 0.1) is 0 Å². The summed E-state index contributed by atoms with van der Waals surface area (Å²) in [6.45, 7) is 8.05. The Morgan fingerprint density at radius 2 is 2.25 bits per heavy atom. The molecule has 0 unspecified atom stereocenters. The lowest BCUT2D eigenvalue weighted by atomic mass is 10.2. The minimum Gasteiger partial charge on any atom is -0.435 e. The van der Waals surface area contributed by atoms with Gasteiger partial charge in [0, 0.05) is 24.3 Å². The minimum atomic E-state index is 0.321. The average Bonchev–Trinajstić information content (AvgIpc) is 2.90. The first-order valence-electron chi connectivity index (χ1n) is 7.07. The summed E-state index contributed by atoms with van der Waals surface area (Å²) in [6, 6.07) is 4.27. The maximum Gasteiger partial charge on any atom is 0.223 e. The fraction of sp³-hybridized carbons (Fsp3) is 0.467. The Morgan fingerprint density at radius 3 is 2.95 bits per heavy atom. The van der Waals surface area contributed by atoms with Crippen LogP contribution >= 0.6 is 0 Å². The van der Waals surface area contributed by atoms with E-state index in [-0.39, 0.29) is 0 Å². The molecular weight excluding hydrogens is 252 g/mol. The summed E-state index contributed by atoms with van der Waals surface area (Å²) in [4.78, 5) is 4.31. The van der Waals surface area contributed by atoms with Crippen molar-refractivity contribution in [2.45, 2.75) is 39.8 Å². The fourth-order valence-electron chi connectivity index (χ4n) is 1.82. The zero-order valence-electron chi connectivity index (χ0n) is 12.3. The van der Waals surface area contributed by atoms with Gasteiger partial charge in [-0.1, -0.05) is 13.0 Å². The molecule has 108 valence electrons. The monoisotopic (exact) mass is 274 g/mol. The van der Waals surface area contributed by atoms with Gasteiger partial charge in [-0.25, -0.2) is 4.98 Å². The van der Waals surface area contributed by atoms with Gasteiger partial charge < -0.3 is 10.1 Å². The Morgan fingerprint density at radius 1 is 1.40 bits per heavy atom. The Balaban J connectivity index is 2.07. The van der Waals surface area contributed by atoms with E-state index in [0.29, 0.717) is 17.7 Å². The lowest BCUT2D eigenvalue weighted by Crippen LogP contribution is -2.14. The van der Waals surface area contributed by atoms with Crippen LogP contribution in [-0.2, 0) is 6.54 Å². The molecule has 0 spiro atoms. The minimum absolute atomic E-state index is 0.321. The quantitative estimate of drug-likeness (QED) is 0.788. The van der Waals surface area contributed by atoms with Crippen molar-refractivity contribution in [1.29, 1.82) is 0 Å². The molecule has 0 fully saturated rings. The maximum atomic E-state index is 5.84. The summed E-state index contributed by atoms with van der Waals surface area (Å²) in [5, 5.41) is 7.63. The number of hydrogen-bond donors (Lipinski definition) is 1. The molecule has 0 amide bonds. The lowest BCUT2D eigenvalue weighted by molar-refractivity contribution is 0.449. The third kappa shape index (κ3) is 3.81. The largest absolute Gasteiger partial charge is 0.435 e. The number of ether oxygens (including phenoxy) is 1. The second kappa shape index (κ2) is 7.05. The van der Waals surface area contributed by atoms with Crippen LogP contribution in [0.1, 0.15) is 38.8 Å². The standard InChI is InChI=1S/C15H22N4O/c1-4-7-16-9-13-6-5-8-17-15(13)20-14-10-18-19(11-14)12(2)3/h5-6,8,10-12,16H,4,7,9H2,1-3H3. The summed E-state index contributed by atoms with van der Waals surface area (Å²) < 4.78 is 7.70. The molecule has 0 atom stereocenters. The number of nitrogens with one attached hydrogen (secondary N) is 1. The number of nitrogens with zero attached hydrogens (tertiary/aromatic N) is 3. The van der Waals surface area contributed by atoms with Gasteiger partial charge in [-0.15, -0.1) is 0 Å². The molecule has 0 aromatic carbocycles. The van der Waals surface area contributed by atoms with E-state index in [1.54, 1.807) is 12.4 Å². The van der Waals surface area contributed by atoms with Crippen molar-refractivity contribution in [3.8, 4) is 11.6 Å². The van der Waals surface area contributed by atoms with Crippen LogP contribution in [-0.4, -0.2) is 21.3 Å². The van der Waals surface area contributed by atoms with Gasteiger partial charge in [-0.3, -0.25) is 4.68 Å². The third-order valence-corrected chi connectivity index (χ3v) is 2.91. The van der Waals surface area contributed by atoms with E-state index in [2.05, 4.69) is 36.2 Å². The Bertz CT molecular complexity index is 536. The van der Waals surface area contributed by atoms with Gasteiger partial charge in [0.05, 0.1) is 12.4 Å². The number of rotatable bonds is 7. The smallest absolute Gasteiger partial charge is 0.223 e. The van der Waals surface area contributed by atoms with Crippen LogP contribution in [0.15, 0.2) is 30.7 Å². The van der Waals surface area contributed by atoms with Crippen molar-refractivity contribution < 1.29 is 4.74 Å². The van der Waals surface area contributed by atoms with Crippen molar-refractivity contribution in [2.75, 3.05) is 6.54 Å². The normalized spacial score (nSPS) is 11.0. The first-order valence-corrected chi connectivity index (χ1v) is 7.07. The summed E-state index contributed by atoms with van der Waals surface area (Å²) in [5.74, 6) is 1.36. The van der Waals surface area contributed by atoms with Crippen molar-refractivity contribution in [1.82, 2.24) is 20.1 Å². The predicted molar refractivity (Wildman–Crippen MR) is 78.9 cm³/mol. The van der Waals surface area contributed by atoms with Crippen molar-refractivity contribution >= 4 is 0 Å². The number of hydrogen-bond acceptors (Lipinski definition) is 4. The lowest BCUT2D eigenvalue weighted by Gasteiger charge is -2.09.